The summed E-state index contributed by atoms with van der Waals surface area (Å²) in [5.74, 6) is 0.502. The molecule has 3 rings (SSSR count). The molecule has 9 heteroatoms. The van der Waals surface area contributed by atoms with Gasteiger partial charge in [-0.3, -0.25) is 4.79 Å². The number of carbonyl (C=O) groups is 1. The molecule has 0 saturated carbocycles. The molecule has 2 aromatic carbocycles. The van der Waals surface area contributed by atoms with Gasteiger partial charge in [-0.25, -0.2) is 0 Å². The van der Waals surface area contributed by atoms with Crippen LogP contribution in [0.15, 0.2) is 46.0 Å². The van der Waals surface area contributed by atoms with Gasteiger partial charge >= 0.3 is 0 Å². The van der Waals surface area contributed by atoms with E-state index in [1.54, 1.807) is 36.4 Å². The summed E-state index contributed by atoms with van der Waals surface area (Å²) in [5, 5.41) is 31.6. The second-order valence-corrected chi connectivity index (χ2v) is 7.93. The Morgan fingerprint density at radius 2 is 1.93 bits per heavy atom. The number of halogens is 1. The number of anilines is 1. The molecule has 0 saturated heterocycles. The fourth-order valence-corrected chi connectivity index (χ4v) is 3.80. The van der Waals surface area contributed by atoms with E-state index in [0.717, 1.165) is 10.0 Å². The van der Waals surface area contributed by atoms with Crippen LogP contribution in [0.5, 0.6) is 11.5 Å². The third kappa shape index (κ3) is 4.48. The zero-order chi connectivity index (χ0) is 20.3. The molecule has 0 fully saturated rings. The van der Waals surface area contributed by atoms with E-state index in [0.29, 0.717) is 28.8 Å². The van der Waals surface area contributed by atoms with Crippen LogP contribution >= 0.6 is 27.7 Å². The highest BCUT2D eigenvalue weighted by Crippen LogP contribution is 2.32. The molecule has 0 spiro atoms. The second kappa shape index (κ2) is 8.66. The maximum Gasteiger partial charge on any atom is 0.234 e. The molecule has 28 heavy (non-hydrogen) atoms. The summed E-state index contributed by atoms with van der Waals surface area (Å²) in [4.78, 5) is 12.3. The first-order valence-electron chi connectivity index (χ1n) is 8.53. The zero-order valence-corrected chi connectivity index (χ0v) is 17.7. The number of aryl methyl sites for hydroxylation is 1. The van der Waals surface area contributed by atoms with Crippen LogP contribution in [0.1, 0.15) is 12.5 Å². The van der Waals surface area contributed by atoms with Crippen molar-refractivity contribution in [3.63, 3.8) is 0 Å². The minimum atomic E-state index is -0.261. The summed E-state index contributed by atoms with van der Waals surface area (Å²) in [7, 11) is 0. The van der Waals surface area contributed by atoms with Crippen molar-refractivity contribution in [1.29, 1.82) is 0 Å². The van der Waals surface area contributed by atoms with Gasteiger partial charge in [-0.2, -0.15) is 0 Å². The monoisotopic (exact) mass is 462 g/mol. The predicted molar refractivity (Wildman–Crippen MR) is 113 cm³/mol. The molecule has 1 aromatic heterocycles. The number of rotatable bonds is 6. The van der Waals surface area contributed by atoms with Gasteiger partial charge in [0.1, 0.15) is 11.5 Å². The van der Waals surface area contributed by atoms with E-state index in [1.165, 1.54) is 11.8 Å². The Hall–Kier alpha value is -2.52. The number of benzene rings is 2. The number of amides is 1. The second-order valence-electron chi connectivity index (χ2n) is 6.07. The smallest absolute Gasteiger partial charge is 0.234 e. The van der Waals surface area contributed by atoms with Gasteiger partial charge in [-0.15, -0.1) is 10.2 Å². The van der Waals surface area contributed by atoms with Gasteiger partial charge < -0.3 is 20.1 Å². The van der Waals surface area contributed by atoms with E-state index < -0.39 is 0 Å². The van der Waals surface area contributed by atoms with Gasteiger partial charge in [0.2, 0.25) is 5.91 Å². The lowest BCUT2D eigenvalue weighted by atomic mass is 10.2. The third-order valence-corrected chi connectivity index (χ3v) is 5.45. The highest BCUT2D eigenvalue weighted by Gasteiger charge is 2.17. The van der Waals surface area contributed by atoms with Crippen LogP contribution in [0.4, 0.5) is 5.69 Å². The lowest BCUT2D eigenvalue weighted by Gasteiger charge is -2.10. The number of nitrogens with one attached hydrogen (secondary N) is 1. The van der Waals surface area contributed by atoms with Crippen LogP contribution in [0.25, 0.3) is 11.4 Å². The first kappa shape index (κ1) is 20.2. The third-order valence-electron chi connectivity index (χ3n) is 3.99. The Kier molecular flexibility index (Phi) is 6.25. The number of phenols is 2. The van der Waals surface area contributed by atoms with E-state index in [9.17, 15) is 15.0 Å². The number of hydrogen-bond acceptors (Lipinski definition) is 6. The summed E-state index contributed by atoms with van der Waals surface area (Å²) < 4.78 is 2.65. The summed E-state index contributed by atoms with van der Waals surface area (Å²) in [6.07, 6.45) is 0. The molecule has 3 N–H and O–H groups in total. The van der Waals surface area contributed by atoms with E-state index in [1.807, 2.05) is 18.4 Å². The van der Waals surface area contributed by atoms with Crippen molar-refractivity contribution in [2.45, 2.75) is 25.5 Å². The summed E-state index contributed by atoms with van der Waals surface area (Å²) in [6.45, 7) is 4.40. The fraction of sp³-hybridized carbons (Fsp3) is 0.211. The van der Waals surface area contributed by atoms with Gasteiger partial charge in [0.05, 0.1) is 17.0 Å². The molecule has 3 aromatic rings. The molecule has 146 valence electrons. The normalized spacial score (nSPS) is 10.8. The van der Waals surface area contributed by atoms with E-state index in [4.69, 9.17) is 0 Å². The minimum Gasteiger partial charge on any atom is -0.507 e. The van der Waals surface area contributed by atoms with Crippen LogP contribution in [-0.2, 0) is 11.3 Å². The van der Waals surface area contributed by atoms with Crippen LogP contribution in [0.3, 0.4) is 0 Å². The standard InChI is InChI=1S/C19H19BrN4O3S/c1-3-24-18(13-9-12(20)5-7-15(13)25)22-23-19(24)28-10-17(27)21-14-8-11(2)4-6-16(14)26/h4-9,25-26H,3,10H2,1-2H3,(H,21,27). The molecule has 0 bridgehead atoms. The van der Waals surface area contributed by atoms with Crippen LogP contribution in [0.2, 0.25) is 0 Å². The molecule has 7 nitrogen and oxygen atoms in total. The first-order valence-corrected chi connectivity index (χ1v) is 10.3. The lowest BCUT2D eigenvalue weighted by molar-refractivity contribution is -0.113. The van der Waals surface area contributed by atoms with Crippen molar-refractivity contribution in [2.24, 2.45) is 0 Å². The van der Waals surface area contributed by atoms with Crippen molar-refractivity contribution in [3.05, 3.63) is 46.4 Å². The van der Waals surface area contributed by atoms with E-state index in [-0.39, 0.29) is 23.2 Å². The van der Waals surface area contributed by atoms with Crippen molar-refractivity contribution >= 4 is 39.3 Å². The van der Waals surface area contributed by atoms with Crippen LogP contribution < -0.4 is 5.32 Å². The van der Waals surface area contributed by atoms with Crippen LogP contribution in [-0.4, -0.2) is 36.6 Å². The molecule has 0 aliphatic carbocycles. The lowest BCUT2D eigenvalue weighted by Crippen LogP contribution is -2.15. The predicted octanol–water partition coefficient (Wildman–Crippen LogP) is 4.18. The molecule has 0 radical (unpaired) electrons. The Morgan fingerprint density at radius 1 is 1.18 bits per heavy atom. The fourth-order valence-electron chi connectivity index (χ4n) is 2.63. The molecule has 0 atom stereocenters. The van der Waals surface area contributed by atoms with Gasteiger partial charge in [-0.05, 0) is 49.7 Å². The Balaban J connectivity index is 1.75. The molecular weight excluding hydrogens is 444 g/mol. The summed E-state index contributed by atoms with van der Waals surface area (Å²) >= 11 is 4.63. The molecule has 0 aliphatic rings. The van der Waals surface area contributed by atoms with E-state index in [2.05, 4.69) is 31.4 Å². The van der Waals surface area contributed by atoms with Crippen molar-refractivity contribution in [2.75, 3.05) is 11.1 Å². The number of thioether (sulfide) groups is 1. The highest BCUT2D eigenvalue weighted by molar-refractivity contribution is 9.10. The number of phenolic OH excluding ortho intramolecular Hbond substituents is 2. The minimum absolute atomic E-state index is 0.0214. The number of hydrogen-bond donors (Lipinski definition) is 3. The van der Waals surface area contributed by atoms with Crippen LogP contribution in [0, 0.1) is 6.92 Å². The quantitative estimate of drug-likeness (QED) is 0.375. The largest absolute Gasteiger partial charge is 0.507 e. The molecular formula is C19H19BrN4O3S. The number of nitrogens with zero attached hydrogens (tertiary/aromatic N) is 3. The maximum absolute atomic E-state index is 12.3. The molecule has 1 amide bonds. The average Bonchev–Trinajstić information content (AvgIpc) is 3.07. The van der Waals surface area contributed by atoms with Gasteiger partial charge in [0, 0.05) is 11.0 Å². The summed E-state index contributed by atoms with van der Waals surface area (Å²) in [6, 6.07) is 10.1. The maximum atomic E-state index is 12.3. The van der Waals surface area contributed by atoms with Crippen molar-refractivity contribution in [1.82, 2.24) is 14.8 Å². The summed E-state index contributed by atoms with van der Waals surface area (Å²) in [5.41, 5.74) is 1.87. The van der Waals surface area contributed by atoms with E-state index >= 15 is 0 Å². The Labute approximate surface area is 174 Å². The molecule has 0 unspecified atom stereocenters. The van der Waals surface area contributed by atoms with Crippen molar-refractivity contribution < 1.29 is 15.0 Å². The topological polar surface area (TPSA) is 100 Å². The zero-order valence-electron chi connectivity index (χ0n) is 15.3. The molecule has 0 aliphatic heterocycles. The van der Waals surface area contributed by atoms with Gasteiger partial charge in [0.15, 0.2) is 11.0 Å². The highest BCUT2D eigenvalue weighted by atomic mass is 79.9. The first-order chi connectivity index (χ1) is 13.4. The van der Waals surface area contributed by atoms with Crippen molar-refractivity contribution in [3.8, 4) is 22.9 Å². The Morgan fingerprint density at radius 3 is 2.68 bits per heavy atom. The Bertz CT molecular complexity index is 1020. The number of aromatic nitrogens is 3. The average molecular weight is 463 g/mol. The van der Waals surface area contributed by atoms with Gasteiger partial charge in [0.25, 0.3) is 0 Å². The number of carbonyl (C=O) groups excluding carboxylic acids is 1. The number of aromatic hydroxyl groups is 2. The SMILES string of the molecule is CCn1c(SCC(=O)Nc2cc(C)ccc2O)nnc1-c1cc(Br)ccc1O. The molecule has 1 heterocycles. The van der Waals surface area contributed by atoms with Gasteiger partial charge in [-0.1, -0.05) is 33.8 Å².